The van der Waals surface area contributed by atoms with Crippen molar-refractivity contribution in [3.05, 3.63) is 35.6 Å². The number of thioether (sulfide) groups is 1. The van der Waals surface area contributed by atoms with Gasteiger partial charge in [0, 0.05) is 11.8 Å². The standard InChI is InChI=1S/C13H18FNO2S/c1-9(16)10(2)18-8-13(17)15-7-11-3-5-12(14)6-4-11/h3-6,9-10,16H,7-8H2,1-2H3,(H,15,17). The third-order valence-electron chi connectivity index (χ3n) is 2.56. The fourth-order valence-corrected chi connectivity index (χ4v) is 2.00. The van der Waals surface area contributed by atoms with Crippen LogP contribution in [0.5, 0.6) is 0 Å². The van der Waals surface area contributed by atoms with Crippen LogP contribution in [0.25, 0.3) is 0 Å². The van der Waals surface area contributed by atoms with Crippen molar-refractivity contribution in [2.75, 3.05) is 5.75 Å². The summed E-state index contributed by atoms with van der Waals surface area (Å²) >= 11 is 1.41. The summed E-state index contributed by atoms with van der Waals surface area (Å²) in [5.41, 5.74) is 0.860. The lowest BCUT2D eigenvalue weighted by molar-refractivity contribution is -0.118. The maximum absolute atomic E-state index is 12.7. The number of benzene rings is 1. The van der Waals surface area contributed by atoms with Crippen LogP contribution in [0.3, 0.4) is 0 Å². The smallest absolute Gasteiger partial charge is 0.230 e. The molecule has 0 heterocycles. The highest BCUT2D eigenvalue weighted by Gasteiger charge is 2.11. The first-order valence-electron chi connectivity index (χ1n) is 5.80. The second-order valence-electron chi connectivity index (χ2n) is 4.16. The lowest BCUT2D eigenvalue weighted by atomic mass is 10.2. The van der Waals surface area contributed by atoms with E-state index in [4.69, 9.17) is 0 Å². The molecular weight excluding hydrogens is 253 g/mol. The molecule has 1 aromatic carbocycles. The minimum Gasteiger partial charge on any atom is -0.392 e. The molecule has 18 heavy (non-hydrogen) atoms. The third-order valence-corrected chi connectivity index (χ3v) is 3.91. The number of aliphatic hydroxyl groups is 1. The van der Waals surface area contributed by atoms with Gasteiger partial charge in [-0.15, -0.1) is 11.8 Å². The quantitative estimate of drug-likeness (QED) is 0.831. The van der Waals surface area contributed by atoms with E-state index < -0.39 is 6.10 Å². The highest BCUT2D eigenvalue weighted by atomic mass is 32.2. The number of aliphatic hydroxyl groups excluding tert-OH is 1. The SMILES string of the molecule is CC(O)C(C)SCC(=O)NCc1ccc(F)cc1. The first-order valence-corrected chi connectivity index (χ1v) is 6.84. The van der Waals surface area contributed by atoms with E-state index in [9.17, 15) is 14.3 Å². The fraction of sp³-hybridized carbons (Fsp3) is 0.462. The lowest BCUT2D eigenvalue weighted by Crippen LogP contribution is -2.26. The maximum atomic E-state index is 12.7. The summed E-state index contributed by atoms with van der Waals surface area (Å²) in [4.78, 5) is 11.5. The summed E-state index contributed by atoms with van der Waals surface area (Å²) in [6, 6.07) is 6.01. The van der Waals surface area contributed by atoms with Crippen LogP contribution < -0.4 is 5.32 Å². The zero-order valence-corrected chi connectivity index (χ0v) is 11.3. The van der Waals surface area contributed by atoms with E-state index in [2.05, 4.69) is 5.32 Å². The number of hydrogen-bond acceptors (Lipinski definition) is 3. The second kappa shape index (κ2) is 7.38. The molecule has 0 radical (unpaired) electrons. The topological polar surface area (TPSA) is 49.3 Å². The van der Waals surface area contributed by atoms with Crippen molar-refractivity contribution in [2.24, 2.45) is 0 Å². The molecule has 0 bridgehead atoms. The molecule has 0 aliphatic carbocycles. The number of halogens is 1. The zero-order valence-electron chi connectivity index (χ0n) is 10.5. The summed E-state index contributed by atoms with van der Waals surface area (Å²) in [5, 5.41) is 12.1. The zero-order chi connectivity index (χ0) is 13.5. The predicted octanol–water partition coefficient (Wildman–Crippen LogP) is 1.94. The molecule has 2 unspecified atom stereocenters. The van der Waals surface area contributed by atoms with E-state index in [0.29, 0.717) is 12.3 Å². The third kappa shape index (κ3) is 5.51. The Morgan fingerprint density at radius 1 is 1.39 bits per heavy atom. The molecule has 0 saturated carbocycles. The molecule has 1 amide bonds. The number of carbonyl (C=O) groups is 1. The van der Waals surface area contributed by atoms with E-state index in [0.717, 1.165) is 5.56 Å². The van der Waals surface area contributed by atoms with Gasteiger partial charge in [-0.3, -0.25) is 4.79 Å². The molecular formula is C13H18FNO2S. The molecule has 2 atom stereocenters. The van der Waals surface area contributed by atoms with Crippen molar-refractivity contribution >= 4 is 17.7 Å². The van der Waals surface area contributed by atoms with Gasteiger partial charge < -0.3 is 10.4 Å². The number of hydrogen-bond donors (Lipinski definition) is 2. The highest BCUT2D eigenvalue weighted by Crippen LogP contribution is 2.13. The minimum atomic E-state index is -0.431. The molecule has 3 nitrogen and oxygen atoms in total. The van der Waals surface area contributed by atoms with Crippen LogP contribution in [-0.2, 0) is 11.3 Å². The normalized spacial score (nSPS) is 14.0. The number of rotatable bonds is 6. The van der Waals surface area contributed by atoms with Gasteiger partial charge in [0.2, 0.25) is 5.91 Å². The molecule has 0 aromatic heterocycles. The van der Waals surface area contributed by atoms with Gasteiger partial charge in [-0.2, -0.15) is 0 Å². The molecule has 1 aromatic rings. The van der Waals surface area contributed by atoms with Gasteiger partial charge in [0.15, 0.2) is 0 Å². The van der Waals surface area contributed by atoms with Gasteiger partial charge in [-0.05, 0) is 24.6 Å². The van der Waals surface area contributed by atoms with E-state index in [1.54, 1.807) is 19.1 Å². The Morgan fingerprint density at radius 2 is 2.00 bits per heavy atom. The molecule has 0 spiro atoms. The van der Waals surface area contributed by atoms with Crippen LogP contribution in [0.1, 0.15) is 19.4 Å². The van der Waals surface area contributed by atoms with Crippen LogP contribution in [0.2, 0.25) is 0 Å². The van der Waals surface area contributed by atoms with E-state index >= 15 is 0 Å². The minimum absolute atomic E-state index is 0.0292. The Balaban J connectivity index is 2.27. The molecule has 2 N–H and O–H groups in total. The number of nitrogens with one attached hydrogen (secondary N) is 1. The van der Waals surface area contributed by atoms with Gasteiger partial charge >= 0.3 is 0 Å². The summed E-state index contributed by atoms with van der Waals surface area (Å²) < 4.78 is 12.7. The Morgan fingerprint density at radius 3 is 2.56 bits per heavy atom. The van der Waals surface area contributed by atoms with Crippen molar-refractivity contribution in [1.29, 1.82) is 0 Å². The van der Waals surface area contributed by atoms with E-state index in [1.807, 2.05) is 6.92 Å². The summed E-state index contributed by atoms with van der Waals surface area (Å²) in [6.07, 6.45) is -0.431. The van der Waals surface area contributed by atoms with Crippen molar-refractivity contribution in [3.63, 3.8) is 0 Å². The van der Waals surface area contributed by atoms with Crippen molar-refractivity contribution in [1.82, 2.24) is 5.32 Å². The average Bonchev–Trinajstić information content (AvgIpc) is 2.35. The highest BCUT2D eigenvalue weighted by molar-refractivity contribution is 8.00. The van der Waals surface area contributed by atoms with Gasteiger partial charge in [-0.1, -0.05) is 19.1 Å². The number of carbonyl (C=O) groups excluding carboxylic acids is 1. The second-order valence-corrected chi connectivity index (χ2v) is 5.53. The van der Waals surface area contributed by atoms with Gasteiger partial charge in [0.1, 0.15) is 5.82 Å². The van der Waals surface area contributed by atoms with Crippen LogP contribution in [0, 0.1) is 5.82 Å². The fourth-order valence-electron chi connectivity index (χ4n) is 1.20. The van der Waals surface area contributed by atoms with Crippen LogP contribution >= 0.6 is 11.8 Å². The Bertz CT molecular complexity index is 381. The first-order chi connectivity index (χ1) is 8.49. The molecule has 5 heteroatoms. The molecule has 0 fully saturated rings. The van der Waals surface area contributed by atoms with E-state index in [1.165, 1.54) is 23.9 Å². The molecule has 100 valence electrons. The summed E-state index contributed by atoms with van der Waals surface area (Å²) in [7, 11) is 0. The van der Waals surface area contributed by atoms with Gasteiger partial charge in [0.05, 0.1) is 11.9 Å². The summed E-state index contributed by atoms with van der Waals surface area (Å²) in [5.74, 6) is -0.0593. The molecule has 1 rings (SSSR count). The van der Waals surface area contributed by atoms with Gasteiger partial charge in [-0.25, -0.2) is 4.39 Å². The van der Waals surface area contributed by atoms with Crippen molar-refractivity contribution in [2.45, 2.75) is 31.7 Å². The van der Waals surface area contributed by atoms with Gasteiger partial charge in [0.25, 0.3) is 0 Å². The molecule has 0 aliphatic rings. The monoisotopic (exact) mass is 271 g/mol. The van der Waals surface area contributed by atoms with Crippen LogP contribution in [0.4, 0.5) is 4.39 Å². The Hall–Kier alpha value is -1.07. The van der Waals surface area contributed by atoms with Crippen LogP contribution in [-0.4, -0.2) is 28.1 Å². The largest absolute Gasteiger partial charge is 0.392 e. The Kier molecular flexibility index (Phi) is 6.15. The maximum Gasteiger partial charge on any atom is 0.230 e. The predicted molar refractivity (Wildman–Crippen MR) is 71.8 cm³/mol. The van der Waals surface area contributed by atoms with E-state index in [-0.39, 0.29) is 17.0 Å². The van der Waals surface area contributed by atoms with Crippen molar-refractivity contribution in [3.8, 4) is 0 Å². The lowest BCUT2D eigenvalue weighted by Gasteiger charge is -2.13. The molecule has 0 saturated heterocycles. The van der Waals surface area contributed by atoms with Crippen molar-refractivity contribution < 1.29 is 14.3 Å². The Labute approximate surface area is 111 Å². The summed E-state index contributed by atoms with van der Waals surface area (Å²) in [6.45, 7) is 3.97. The number of amides is 1. The molecule has 0 aliphatic heterocycles. The van der Waals surface area contributed by atoms with Crippen LogP contribution in [0.15, 0.2) is 24.3 Å². The first kappa shape index (κ1) is 15.0. The average molecular weight is 271 g/mol.